The summed E-state index contributed by atoms with van der Waals surface area (Å²) in [6, 6.07) is 6.88. The number of piperazine rings is 1. The average Bonchev–Trinajstić information content (AvgIpc) is 2.39. The van der Waals surface area contributed by atoms with E-state index in [1.807, 2.05) is 0 Å². The van der Waals surface area contributed by atoms with E-state index in [1.165, 1.54) is 0 Å². The van der Waals surface area contributed by atoms with Crippen LogP contribution >= 0.6 is 0 Å². The molecule has 3 nitrogen and oxygen atoms in total. The van der Waals surface area contributed by atoms with Crippen LogP contribution in [-0.4, -0.2) is 37.0 Å². The summed E-state index contributed by atoms with van der Waals surface area (Å²) >= 11 is 0. The van der Waals surface area contributed by atoms with Gasteiger partial charge in [0.1, 0.15) is 6.67 Å². The first-order valence-electron chi connectivity index (χ1n) is 5.47. The zero-order chi connectivity index (χ0) is 11.4. The molecule has 1 amide bonds. The molecule has 0 aromatic heterocycles. The van der Waals surface area contributed by atoms with Gasteiger partial charge in [0.15, 0.2) is 0 Å². The smallest absolute Gasteiger partial charge is 0.254 e. The van der Waals surface area contributed by atoms with E-state index in [0.29, 0.717) is 24.2 Å². The van der Waals surface area contributed by atoms with Crippen molar-refractivity contribution in [2.45, 2.75) is 6.67 Å². The van der Waals surface area contributed by atoms with Crippen LogP contribution in [0, 0.1) is 0 Å². The number of hydrogen-bond donors (Lipinski definition) is 1. The third-order valence-corrected chi connectivity index (χ3v) is 2.80. The lowest BCUT2D eigenvalue weighted by molar-refractivity contribution is 0.0734. The minimum Gasteiger partial charge on any atom is -0.336 e. The van der Waals surface area contributed by atoms with Crippen molar-refractivity contribution in [1.82, 2.24) is 10.2 Å². The van der Waals surface area contributed by atoms with Crippen molar-refractivity contribution in [3.8, 4) is 0 Å². The van der Waals surface area contributed by atoms with Gasteiger partial charge in [-0.3, -0.25) is 4.79 Å². The molecule has 1 aromatic rings. The Bertz CT molecular complexity index is 375. The predicted octanol–water partition coefficient (Wildman–Crippen LogP) is 1.20. The van der Waals surface area contributed by atoms with Gasteiger partial charge >= 0.3 is 0 Å². The summed E-state index contributed by atoms with van der Waals surface area (Å²) in [5.41, 5.74) is 0.970. The van der Waals surface area contributed by atoms with Crippen LogP contribution in [0.25, 0.3) is 0 Å². The van der Waals surface area contributed by atoms with Gasteiger partial charge in [0.05, 0.1) is 0 Å². The molecule has 1 N–H and O–H groups in total. The molecule has 86 valence electrons. The number of amides is 1. The van der Waals surface area contributed by atoms with Crippen LogP contribution in [-0.2, 0) is 6.67 Å². The third-order valence-electron chi connectivity index (χ3n) is 2.80. The average molecular weight is 222 g/mol. The molecular formula is C12H15FN2O. The molecule has 1 aliphatic heterocycles. The second kappa shape index (κ2) is 5.07. The van der Waals surface area contributed by atoms with Crippen LogP contribution in [0.1, 0.15) is 15.9 Å². The van der Waals surface area contributed by atoms with E-state index in [4.69, 9.17) is 0 Å². The van der Waals surface area contributed by atoms with E-state index in [2.05, 4.69) is 5.32 Å². The lowest BCUT2D eigenvalue weighted by atomic mass is 10.1. The molecule has 1 heterocycles. The van der Waals surface area contributed by atoms with Crippen LogP contribution in [0.5, 0.6) is 0 Å². The van der Waals surface area contributed by atoms with Gasteiger partial charge in [0.25, 0.3) is 5.91 Å². The molecule has 0 unspecified atom stereocenters. The van der Waals surface area contributed by atoms with Crippen LogP contribution in [0.15, 0.2) is 24.3 Å². The zero-order valence-corrected chi connectivity index (χ0v) is 9.08. The quantitative estimate of drug-likeness (QED) is 0.815. The van der Waals surface area contributed by atoms with Crippen molar-refractivity contribution in [3.63, 3.8) is 0 Å². The number of nitrogens with one attached hydrogen (secondary N) is 1. The second-order valence-corrected chi connectivity index (χ2v) is 3.83. The Morgan fingerprint density at radius 1 is 1.31 bits per heavy atom. The van der Waals surface area contributed by atoms with Gasteiger partial charge in [-0.1, -0.05) is 18.2 Å². The van der Waals surface area contributed by atoms with E-state index in [1.54, 1.807) is 29.2 Å². The van der Waals surface area contributed by atoms with Gasteiger partial charge in [0, 0.05) is 31.7 Å². The number of nitrogens with zero attached hydrogens (tertiary/aromatic N) is 1. The van der Waals surface area contributed by atoms with Gasteiger partial charge in [-0.2, -0.15) is 0 Å². The van der Waals surface area contributed by atoms with Gasteiger partial charge in [-0.25, -0.2) is 4.39 Å². The van der Waals surface area contributed by atoms with Crippen molar-refractivity contribution in [2.24, 2.45) is 0 Å². The Morgan fingerprint density at radius 2 is 2.00 bits per heavy atom. The Balaban J connectivity index is 2.19. The molecule has 4 heteroatoms. The monoisotopic (exact) mass is 222 g/mol. The second-order valence-electron chi connectivity index (χ2n) is 3.83. The van der Waals surface area contributed by atoms with Crippen LogP contribution in [0.4, 0.5) is 4.39 Å². The van der Waals surface area contributed by atoms with Crippen molar-refractivity contribution < 1.29 is 9.18 Å². The van der Waals surface area contributed by atoms with E-state index in [-0.39, 0.29) is 5.91 Å². The molecule has 0 spiro atoms. The minimum absolute atomic E-state index is 0.0604. The third kappa shape index (κ3) is 2.22. The van der Waals surface area contributed by atoms with E-state index < -0.39 is 6.67 Å². The van der Waals surface area contributed by atoms with Crippen LogP contribution in [0.3, 0.4) is 0 Å². The number of benzene rings is 1. The summed E-state index contributed by atoms with van der Waals surface area (Å²) in [5, 5.41) is 3.18. The molecule has 2 rings (SSSR count). The summed E-state index contributed by atoms with van der Waals surface area (Å²) in [6.07, 6.45) is 0. The number of halogens is 1. The topological polar surface area (TPSA) is 32.3 Å². The highest BCUT2D eigenvalue weighted by molar-refractivity contribution is 5.95. The largest absolute Gasteiger partial charge is 0.336 e. The summed E-state index contributed by atoms with van der Waals surface area (Å²) in [7, 11) is 0. The molecule has 0 aliphatic carbocycles. The molecule has 1 fully saturated rings. The highest BCUT2D eigenvalue weighted by atomic mass is 19.1. The molecule has 1 saturated heterocycles. The summed E-state index contributed by atoms with van der Waals surface area (Å²) in [4.78, 5) is 13.9. The maximum atomic E-state index is 12.7. The molecule has 0 radical (unpaired) electrons. The molecule has 1 aromatic carbocycles. The Labute approximate surface area is 94.3 Å². The molecule has 0 bridgehead atoms. The van der Waals surface area contributed by atoms with Gasteiger partial charge < -0.3 is 10.2 Å². The van der Waals surface area contributed by atoms with E-state index >= 15 is 0 Å². The summed E-state index contributed by atoms with van der Waals surface area (Å²) < 4.78 is 12.7. The number of alkyl halides is 1. The maximum Gasteiger partial charge on any atom is 0.254 e. The SMILES string of the molecule is O=C(c1ccccc1CF)N1CCNCC1. The fourth-order valence-corrected chi connectivity index (χ4v) is 1.88. The number of rotatable bonds is 2. The standard InChI is InChI=1S/C12H15FN2O/c13-9-10-3-1-2-4-11(10)12(16)15-7-5-14-6-8-15/h1-4,14H,5-9H2. The first kappa shape index (κ1) is 11.1. The van der Waals surface area contributed by atoms with Crippen molar-refractivity contribution in [1.29, 1.82) is 0 Å². The van der Waals surface area contributed by atoms with Crippen molar-refractivity contribution in [2.75, 3.05) is 26.2 Å². The highest BCUT2D eigenvalue weighted by Gasteiger charge is 2.19. The fourth-order valence-electron chi connectivity index (χ4n) is 1.88. The summed E-state index contributed by atoms with van der Waals surface area (Å²) in [6.45, 7) is 2.42. The van der Waals surface area contributed by atoms with Crippen molar-refractivity contribution in [3.05, 3.63) is 35.4 Å². The molecule has 0 saturated carbocycles. The molecule has 0 atom stereocenters. The fraction of sp³-hybridized carbons (Fsp3) is 0.417. The van der Waals surface area contributed by atoms with Gasteiger partial charge in [0.2, 0.25) is 0 Å². The lowest BCUT2D eigenvalue weighted by Gasteiger charge is -2.28. The summed E-state index contributed by atoms with van der Waals surface area (Å²) in [5.74, 6) is -0.0604. The number of carbonyl (C=O) groups is 1. The van der Waals surface area contributed by atoms with E-state index in [0.717, 1.165) is 13.1 Å². The molecule has 16 heavy (non-hydrogen) atoms. The maximum absolute atomic E-state index is 12.7. The minimum atomic E-state index is -0.589. The van der Waals surface area contributed by atoms with Gasteiger partial charge in [-0.15, -0.1) is 0 Å². The van der Waals surface area contributed by atoms with Crippen molar-refractivity contribution >= 4 is 5.91 Å². The molecular weight excluding hydrogens is 207 g/mol. The Hall–Kier alpha value is -1.42. The van der Waals surface area contributed by atoms with Crippen LogP contribution in [0.2, 0.25) is 0 Å². The van der Waals surface area contributed by atoms with E-state index in [9.17, 15) is 9.18 Å². The number of hydrogen-bond acceptors (Lipinski definition) is 2. The zero-order valence-electron chi connectivity index (χ0n) is 9.08. The first-order valence-corrected chi connectivity index (χ1v) is 5.47. The highest BCUT2D eigenvalue weighted by Crippen LogP contribution is 2.13. The number of carbonyl (C=O) groups excluding carboxylic acids is 1. The normalized spacial score (nSPS) is 16.2. The lowest BCUT2D eigenvalue weighted by Crippen LogP contribution is -2.46. The Morgan fingerprint density at radius 3 is 2.69 bits per heavy atom. The first-order chi connectivity index (χ1) is 7.83. The predicted molar refractivity (Wildman–Crippen MR) is 60.0 cm³/mol. The van der Waals surface area contributed by atoms with Gasteiger partial charge in [-0.05, 0) is 11.6 Å². The van der Waals surface area contributed by atoms with Crippen LogP contribution < -0.4 is 5.32 Å². The molecule has 1 aliphatic rings. The Kier molecular flexibility index (Phi) is 3.51.